The first-order valence-electron chi connectivity index (χ1n) is 22.2. The second kappa shape index (κ2) is 38.2. The monoisotopic (exact) mass is 775 g/mol. The number of carboxylic acids is 1. The number of allylic oxidation sites excluding steroid dienone is 8. The van der Waals surface area contributed by atoms with E-state index < -0.39 is 18.1 Å². The molecule has 0 amide bonds. The molecule has 0 spiro atoms. The molecule has 318 valence electrons. The van der Waals surface area contributed by atoms with Gasteiger partial charge in [-0.15, -0.1) is 0 Å². The zero-order valence-electron chi connectivity index (χ0n) is 36.1. The van der Waals surface area contributed by atoms with Gasteiger partial charge in [-0.2, -0.15) is 0 Å². The molecule has 0 aromatic carbocycles. The highest BCUT2D eigenvalue weighted by Crippen LogP contribution is 2.13. The van der Waals surface area contributed by atoms with Gasteiger partial charge in [0.05, 0.1) is 34.4 Å². The average Bonchev–Trinajstić information content (AvgIpc) is 3.14. The number of likely N-dealkylation sites (N-methyl/N-ethyl adjacent to an activating group) is 1. The number of rotatable bonds is 39. The predicted molar refractivity (Wildman–Crippen MR) is 229 cm³/mol. The molecule has 55 heavy (non-hydrogen) atoms. The van der Waals surface area contributed by atoms with Gasteiger partial charge in [0.15, 0.2) is 12.1 Å². The summed E-state index contributed by atoms with van der Waals surface area (Å²) in [4.78, 5) is 36.8. The molecule has 1 N–H and O–H groups in total. The first kappa shape index (κ1) is 52.3. The van der Waals surface area contributed by atoms with Crippen LogP contribution in [0.5, 0.6) is 0 Å². The van der Waals surface area contributed by atoms with Crippen LogP contribution in [0.25, 0.3) is 0 Å². The van der Waals surface area contributed by atoms with E-state index in [1.54, 1.807) is 0 Å². The third-order valence-corrected chi connectivity index (χ3v) is 9.70. The molecular formula is C47H84NO7+. The zero-order valence-corrected chi connectivity index (χ0v) is 36.1. The molecule has 0 aliphatic heterocycles. The van der Waals surface area contributed by atoms with Crippen molar-refractivity contribution in [2.45, 2.75) is 193 Å². The summed E-state index contributed by atoms with van der Waals surface area (Å²) in [5.74, 6) is -1.52. The van der Waals surface area contributed by atoms with Gasteiger partial charge in [-0.1, -0.05) is 140 Å². The van der Waals surface area contributed by atoms with Crippen LogP contribution in [-0.4, -0.2) is 80.6 Å². The van der Waals surface area contributed by atoms with Gasteiger partial charge in [0.2, 0.25) is 0 Å². The van der Waals surface area contributed by atoms with Gasteiger partial charge in [0, 0.05) is 19.3 Å². The van der Waals surface area contributed by atoms with Crippen molar-refractivity contribution in [3.05, 3.63) is 48.6 Å². The number of hydrogen-bond donors (Lipinski definition) is 1. The predicted octanol–water partition coefficient (Wildman–Crippen LogP) is 12.0. The Labute approximate surface area is 337 Å². The molecule has 2 atom stereocenters. The normalized spacial score (nSPS) is 13.4. The van der Waals surface area contributed by atoms with E-state index in [4.69, 9.17) is 14.2 Å². The Hall–Kier alpha value is -2.71. The second-order valence-electron chi connectivity index (χ2n) is 15.9. The van der Waals surface area contributed by atoms with E-state index in [-0.39, 0.29) is 42.7 Å². The Kier molecular flexibility index (Phi) is 36.3. The lowest BCUT2D eigenvalue weighted by Gasteiger charge is -2.31. The average molecular weight is 775 g/mol. The zero-order chi connectivity index (χ0) is 40.7. The van der Waals surface area contributed by atoms with Crippen molar-refractivity contribution in [1.29, 1.82) is 0 Å². The number of carboxylic acid groups (broad SMARTS) is 1. The number of esters is 2. The summed E-state index contributed by atoms with van der Waals surface area (Å²) < 4.78 is 17.2. The molecule has 0 aromatic heterocycles. The van der Waals surface area contributed by atoms with Crippen LogP contribution in [0.4, 0.5) is 0 Å². The third-order valence-electron chi connectivity index (χ3n) is 9.70. The minimum atomic E-state index is -0.881. The first-order chi connectivity index (χ1) is 26.6. The number of hydrogen-bond acceptors (Lipinski definition) is 6. The van der Waals surface area contributed by atoms with Crippen molar-refractivity contribution in [3.8, 4) is 0 Å². The minimum absolute atomic E-state index is 0.0477. The first-order valence-corrected chi connectivity index (χ1v) is 22.2. The van der Waals surface area contributed by atoms with Gasteiger partial charge in [0.1, 0.15) is 6.61 Å². The van der Waals surface area contributed by atoms with Gasteiger partial charge >= 0.3 is 17.9 Å². The lowest BCUT2D eigenvalue weighted by Crippen LogP contribution is -2.50. The quantitative estimate of drug-likeness (QED) is 0.0287. The van der Waals surface area contributed by atoms with Crippen LogP contribution < -0.4 is 0 Å². The van der Waals surface area contributed by atoms with E-state index in [1.807, 2.05) is 21.1 Å². The van der Waals surface area contributed by atoms with Crippen LogP contribution in [0.3, 0.4) is 0 Å². The van der Waals surface area contributed by atoms with Crippen molar-refractivity contribution >= 4 is 17.9 Å². The largest absolute Gasteiger partial charge is 0.477 e. The Balaban J connectivity index is 4.23. The molecule has 8 heteroatoms. The smallest absolute Gasteiger partial charge is 0.362 e. The van der Waals surface area contributed by atoms with E-state index in [2.05, 4.69) is 62.5 Å². The Morgan fingerprint density at radius 1 is 0.545 bits per heavy atom. The molecule has 0 heterocycles. The van der Waals surface area contributed by atoms with Gasteiger partial charge in [-0.05, 0) is 70.6 Å². The number of ether oxygens (including phenoxy) is 3. The molecular weight excluding hydrogens is 691 g/mol. The van der Waals surface area contributed by atoms with E-state index >= 15 is 0 Å². The SMILES string of the molecule is CCCCC/C=C/C/C=C/C/C=C/CCCCCCCCCCCC(=O)OCC(COCCC(C(=O)O)[N+](C)(C)C)OC(=O)CCC/C=C/CCCCCC. The molecule has 0 saturated heterocycles. The number of aliphatic carboxylic acids is 1. The topological polar surface area (TPSA) is 99.1 Å². The standard InChI is InChI=1S/C47H83NO7/c1-6-8-10-12-14-16-17-18-19-20-21-22-23-24-25-26-27-28-30-31-33-35-37-45(49)54-42-43(41-53-40-39-44(47(51)52)48(3,4)5)55-46(50)38-36-34-32-29-15-13-11-9-7-2/h14,16,18-19,21-22,29,32,43-44H,6-13,15,17,20,23-28,30-31,33-42H2,1-5H3/p+1/b16-14+,19-18+,22-21+,32-29+. The maximum Gasteiger partial charge on any atom is 0.362 e. The molecule has 2 unspecified atom stereocenters. The molecule has 0 aliphatic rings. The third kappa shape index (κ3) is 36.7. The molecule has 0 rings (SSSR count). The molecule has 0 radical (unpaired) electrons. The number of unbranched alkanes of at least 4 members (excludes halogenated alkanes) is 17. The van der Waals surface area contributed by atoms with Crippen molar-refractivity contribution < 1.29 is 38.2 Å². The van der Waals surface area contributed by atoms with Crippen molar-refractivity contribution in [3.63, 3.8) is 0 Å². The van der Waals surface area contributed by atoms with Gasteiger partial charge in [-0.25, -0.2) is 4.79 Å². The van der Waals surface area contributed by atoms with Crippen LogP contribution in [-0.2, 0) is 28.6 Å². The fourth-order valence-electron chi connectivity index (χ4n) is 6.22. The molecule has 0 aromatic rings. The fourth-order valence-corrected chi connectivity index (χ4v) is 6.22. The highest BCUT2D eigenvalue weighted by atomic mass is 16.6. The molecule has 0 saturated carbocycles. The highest BCUT2D eigenvalue weighted by Gasteiger charge is 2.31. The number of carbonyl (C=O) groups is 3. The van der Waals surface area contributed by atoms with Crippen molar-refractivity contribution in [2.24, 2.45) is 0 Å². The summed E-state index contributed by atoms with van der Waals surface area (Å²) in [6.45, 7) is 4.63. The van der Waals surface area contributed by atoms with Crippen LogP contribution in [0.1, 0.15) is 181 Å². The second-order valence-corrected chi connectivity index (χ2v) is 15.9. The Morgan fingerprint density at radius 2 is 0.982 bits per heavy atom. The maximum atomic E-state index is 12.6. The molecule has 8 nitrogen and oxygen atoms in total. The number of quaternary nitrogens is 1. The summed E-state index contributed by atoms with van der Waals surface area (Å²) in [6.07, 6.45) is 44.6. The number of nitrogens with zero attached hydrogens (tertiary/aromatic N) is 1. The number of carbonyl (C=O) groups excluding carboxylic acids is 2. The van der Waals surface area contributed by atoms with Gasteiger partial charge in [0.25, 0.3) is 0 Å². The van der Waals surface area contributed by atoms with Crippen LogP contribution in [0.15, 0.2) is 48.6 Å². The summed E-state index contributed by atoms with van der Waals surface area (Å²) in [5.41, 5.74) is 0. The van der Waals surface area contributed by atoms with E-state index in [9.17, 15) is 19.5 Å². The Morgan fingerprint density at radius 3 is 1.53 bits per heavy atom. The minimum Gasteiger partial charge on any atom is -0.477 e. The fraction of sp³-hybridized carbons (Fsp3) is 0.766. The lowest BCUT2D eigenvalue weighted by molar-refractivity contribution is -0.887. The summed E-state index contributed by atoms with van der Waals surface area (Å²) in [6, 6.07) is -0.619. The molecule has 0 fully saturated rings. The van der Waals surface area contributed by atoms with Crippen molar-refractivity contribution in [1.82, 2.24) is 0 Å². The van der Waals surface area contributed by atoms with Gasteiger partial charge in [-0.3, -0.25) is 9.59 Å². The summed E-state index contributed by atoms with van der Waals surface area (Å²) in [7, 11) is 5.51. The van der Waals surface area contributed by atoms with Crippen LogP contribution in [0.2, 0.25) is 0 Å². The van der Waals surface area contributed by atoms with Crippen molar-refractivity contribution in [2.75, 3.05) is 41.0 Å². The maximum absolute atomic E-state index is 12.6. The molecule has 0 aliphatic carbocycles. The van der Waals surface area contributed by atoms with E-state index in [0.29, 0.717) is 19.3 Å². The lowest BCUT2D eigenvalue weighted by atomic mass is 10.1. The van der Waals surface area contributed by atoms with E-state index in [1.165, 1.54) is 96.3 Å². The van der Waals surface area contributed by atoms with Crippen LogP contribution in [0, 0.1) is 0 Å². The van der Waals surface area contributed by atoms with Crippen LogP contribution >= 0.6 is 0 Å². The Bertz CT molecular complexity index is 1040. The van der Waals surface area contributed by atoms with E-state index in [0.717, 1.165) is 44.9 Å². The van der Waals surface area contributed by atoms with Gasteiger partial charge < -0.3 is 23.8 Å². The summed E-state index contributed by atoms with van der Waals surface area (Å²) >= 11 is 0. The molecule has 0 bridgehead atoms. The highest BCUT2D eigenvalue weighted by molar-refractivity contribution is 5.72. The summed E-state index contributed by atoms with van der Waals surface area (Å²) in [5, 5.41) is 9.60.